The number of hydrogen-bond donors (Lipinski definition) is 0. The Morgan fingerprint density at radius 3 is 2.65 bits per heavy atom. The Morgan fingerprint density at radius 2 is 1.97 bits per heavy atom. The Kier molecular flexibility index (Phi) is 7.28. The molecule has 0 fully saturated rings. The zero-order valence-electron chi connectivity index (χ0n) is 19.0. The predicted octanol–water partition coefficient (Wildman–Crippen LogP) is 3.96. The van der Waals surface area contributed by atoms with Gasteiger partial charge in [-0.1, -0.05) is 36.5 Å². The third kappa shape index (κ3) is 5.28. The molecule has 8 nitrogen and oxygen atoms in total. The van der Waals surface area contributed by atoms with E-state index >= 15 is 0 Å². The zero-order chi connectivity index (χ0) is 24.1. The van der Waals surface area contributed by atoms with Crippen molar-refractivity contribution >= 4 is 42.4 Å². The third-order valence-electron chi connectivity index (χ3n) is 5.50. The van der Waals surface area contributed by atoms with E-state index in [0.29, 0.717) is 17.4 Å². The number of thiazole rings is 1. The SMILES string of the molecule is CCS(=O)(=O)c1ccc(CC(=O)N(CCCn2ccnc2)c2nc3c(OC)cccc3s2)cc1. The standard InChI is InChI=1S/C24H26N4O4S2/c1-3-34(30,31)19-10-8-18(9-11-19)16-22(29)28(14-5-13-27-15-12-25-17-27)24-26-23-20(32-2)6-4-7-21(23)33-24/h4,6-12,15,17H,3,5,13-14,16H2,1-2H3. The molecule has 0 bridgehead atoms. The fourth-order valence-corrected chi connectivity index (χ4v) is 5.51. The maximum atomic E-state index is 13.4. The first-order valence-corrected chi connectivity index (χ1v) is 13.4. The van der Waals surface area contributed by atoms with Crippen molar-refractivity contribution in [2.24, 2.45) is 0 Å². The number of rotatable bonds is 10. The first kappa shape index (κ1) is 23.9. The van der Waals surface area contributed by atoms with Gasteiger partial charge in [-0.15, -0.1) is 0 Å². The summed E-state index contributed by atoms with van der Waals surface area (Å²) in [7, 11) is -1.68. The molecule has 0 saturated carbocycles. The summed E-state index contributed by atoms with van der Waals surface area (Å²) in [6.07, 6.45) is 6.24. The number of nitrogens with zero attached hydrogens (tertiary/aromatic N) is 4. The Hall–Kier alpha value is -3.24. The summed E-state index contributed by atoms with van der Waals surface area (Å²) in [6, 6.07) is 12.2. The molecule has 2 heterocycles. The molecule has 0 saturated heterocycles. The molecule has 0 radical (unpaired) electrons. The normalized spacial score (nSPS) is 11.6. The number of methoxy groups -OCH3 is 1. The van der Waals surface area contributed by atoms with Crippen molar-refractivity contribution < 1.29 is 17.9 Å². The van der Waals surface area contributed by atoms with Crippen LogP contribution in [0.25, 0.3) is 10.2 Å². The lowest BCUT2D eigenvalue weighted by atomic mass is 10.1. The largest absolute Gasteiger partial charge is 0.494 e. The molecule has 4 rings (SSSR count). The van der Waals surface area contributed by atoms with Crippen LogP contribution in [0.4, 0.5) is 5.13 Å². The van der Waals surface area contributed by atoms with Gasteiger partial charge >= 0.3 is 0 Å². The molecule has 2 aromatic heterocycles. The fraction of sp³-hybridized carbons (Fsp3) is 0.292. The van der Waals surface area contributed by atoms with Crippen LogP contribution in [0.1, 0.15) is 18.9 Å². The van der Waals surface area contributed by atoms with E-state index in [9.17, 15) is 13.2 Å². The maximum Gasteiger partial charge on any atom is 0.233 e. The zero-order valence-corrected chi connectivity index (χ0v) is 20.7. The number of sulfone groups is 1. The average Bonchev–Trinajstić information content (AvgIpc) is 3.51. The molecule has 0 spiro atoms. The van der Waals surface area contributed by atoms with E-state index in [4.69, 9.17) is 9.72 Å². The van der Waals surface area contributed by atoms with Crippen molar-refractivity contribution in [3.05, 3.63) is 66.7 Å². The van der Waals surface area contributed by atoms with E-state index in [2.05, 4.69) is 4.98 Å². The summed E-state index contributed by atoms with van der Waals surface area (Å²) in [4.78, 5) is 24.2. The second kappa shape index (κ2) is 10.4. The van der Waals surface area contributed by atoms with E-state index in [1.807, 2.05) is 29.0 Å². The summed E-state index contributed by atoms with van der Waals surface area (Å²) in [6.45, 7) is 2.82. The summed E-state index contributed by atoms with van der Waals surface area (Å²) < 4.78 is 32.5. The van der Waals surface area contributed by atoms with Crippen molar-refractivity contribution in [3.8, 4) is 5.75 Å². The van der Waals surface area contributed by atoms with Crippen molar-refractivity contribution in [1.82, 2.24) is 14.5 Å². The van der Waals surface area contributed by atoms with Crippen molar-refractivity contribution in [3.63, 3.8) is 0 Å². The number of aromatic nitrogens is 3. The van der Waals surface area contributed by atoms with Gasteiger partial charge in [0.2, 0.25) is 5.91 Å². The van der Waals surface area contributed by atoms with Gasteiger partial charge in [0.1, 0.15) is 11.3 Å². The number of ether oxygens (including phenoxy) is 1. The Bertz CT molecular complexity index is 1360. The number of benzene rings is 2. The highest BCUT2D eigenvalue weighted by molar-refractivity contribution is 7.91. The van der Waals surface area contributed by atoms with Gasteiger partial charge in [-0.2, -0.15) is 0 Å². The number of para-hydroxylation sites is 1. The lowest BCUT2D eigenvalue weighted by Crippen LogP contribution is -2.33. The van der Waals surface area contributed by atoms with Gasteiger partial charge in [0.15, 0.2) is 15.0 Å². The van der Waals surface area contributed by atoms with E-state index in [1.165, 1.54) is 11.3 Å². The molecule has 2 aromatic carbocycles. The molecule has 0 aliphatic rings. The fourth-order valence-electron chi connectivity index (χ4n) is 3.60. The summed E-state index contributed by atoms with van der Waals surface area (Å²) >= 11 is 1.45. The molecule has 0 aliphatic heterocycles. The molecule has 0 N–H and O–H groups in total. The minimum Gasteiger partial charge on any atom is -0.494 e. The minimum atomic E-state index is -3.28. The third-order valence-corrected chi connectivity index (χ3v) is 8.29. The summed E-state index contributed by atoms with van der Waals surface area (Å²) in [5.41, 5.74) is 1.48. The van der Waals surface area contributed by atoms with Gasteiger partial charge in [0, 0.05) is 25.5 Å². The second-order valence-electron chi connectivity index (χ2n) is 7.73. The number of fused-ring (bicyclic) bond motifs is 1. The van der Waals surface area contributed by atoms with Gasteiger partial charge < -0.3 is 9.30 Å². The number of imidazole rings is 1. The van der Waals surface area contributed by atoms with Crippen LogP contribution < -0.4 is 9.64 Å². The van der Waals surface area contributed by atoms with Crippen LogP contribution in [0.2, 0.25) is 0 Å². The number of anilines is 1. The summed E-state index contributed by atoms with van der Waals surface area (Å²) in [5.74, 6) is 0.602. The average molecular weight is 499 g/mol. The molecule has 0 aliphatic carbocycles. The van der Waals surface area contributed by atoms with Crippen LogP contribution >= 0.6 is 11.3 Å². The highest BCUT2D eigenvalue weighted by Crippen LogP contribution is 2.34. The van der Waals surface area contributed by atoms with Crippen molar-refractivity contribution in [2.75, 3.05) is 24.3 Å². The first-order valence-electron chi connectivity index (χ1n) is 10.9. The highest BCUT2D eigenvalue weighted by atomic mass is 32.2. The van der Waals surface area contributed by atoms with Gasteiger partial charge in [0.05, 0.1) is 35.2 Å². The molecule has 10 heteroatoms. The number of aryl methyl sites for hydroxylation is 1. The lowest BCUT2D eigenvalue weighted by molar-refractivity contribution is -0.118. The molecule has 0 atom stereocenters. The van der Waals surface area contributed by atoms with Gasteiger partial charge in [-0.3, -0.25) is 9.69 Å². The Morgan fingerprint density at radius 1 is 1.18 bits per heavy atom. The molecule has 178 valence electrons. The first-order chi connectivity index (χ1) is 16.4. The van der Waals surface area contributed by atoms with Crippen molar-refractivity contribution in [1.29, 1.82) is 0 Å². The van der Waals surface area contributed by atoms with Gasteiger partial charge in [0.25, 0.3) is 0 Å². The Balaban J connectivity index is 1.57. The van der Waals surface area contributed by atoms with Crippen LogP contribution in [-0.2, 0) is 27.6 Å². The maximum absolute atomic E-state index is 13.4. The molecule has 0 unspecified atom stereocenters. The monoisotopic (exact) mass is 498 g/mol. The highest BCUT2D eigenvalue weighted by Gasteiger charge is 2.21. The molecule has 1 amide bonds. The van der Waals surface area contributed by atoms with Crippen LogP contribution in [0, 0.1) is 0 Å². The number of hydrogen-bond acceptors (Lipinski definition) is 7. The quantitative estimate of drug-likeness (QED) is 0.329. The molecule has 4 aromatic rings. The van der Waals surface area contributed by atoms with E-state index in [-0.39, 0.29) is 23.0 Å². The van der Waals surface area contributed by atoms with Crippen LogP contribution in [0.3, 0.4) is 0 Å². The van der Waals surface area contributed by atoms with Gasteiger partial charge in [-0.25, -0.2) is 18.4 Å². The second-order valence-corrected chi connectivity index (χ2v) is 11.0. The topological polar surface area (TPSA) is 94.4 Å². The number of carbonyl (C=O) groups excluding carboxylic acids is 1. The molecular weight excluding hydrogens is 472 g/mol. The van der Waals surface area contributed by atoms with Crippen LogP contribution in [-0.4, -0.2) is 48.3 Å². The number of carbonyl (C=O) groups is 1. The lowest BCUT2D eigenvalue weighted by Gasteiger charge is -2.20. The van der Waals surface area contributed by atoms with E-state index < -0.39 is 9.84 Å². The van der Waals surface area contributed by atoms with Crippen molar-refractivity contribution in [2.45, 2.75) is 31.2 Å². The molecule has 34 heavy (non-hydrogen) atoms. The minimum absolute atomic E-state index is 0.0387. The predicted molar refractivity (Wildman–Crippen MR) is 133 cm³/mol. The van der Waals surface area contributed by atoms with E-state index in [1.54, 1.807) is 55.7 Å². The van der Waals surface area contributed by atoms with Gasteiger partial charge in [-0.05, 0) is 36.2 Å². The summed E-state index contributed by atoms with van der Waals surface area (Å²) in [5, 5.41) is 0.611. The number of amides is 1. The molecular formula is C24H26N4O4S2. The van der Waals surface area contributed by atoms with Crippen LogP contribution in [0.15, 0.2) is 66.1 Å². The Labute approximate surface area is 202 Å². The van der Waals surface area contributed by atoms with E-state index in [0.717, 1.165) is 28.7 Å². The van der Waals surface area contributed by atoms with Crippen LogP contribution in [0.5, 0.6) is 5.75 Å². The smallest absolute Gasteiger partial charge is 0.233 e.